The van der Waals surface area contributed by atoms with Crippen molar-refractivity contribution in [2.24, 2.45) is 5.92 Å². The number of anilines is 2. The van der Waals surface area contributed by atoms with Gasteiger partial charge in [0.15, 0.2) is 0 Å². The summed E-state index contributed by atoms with van der Waals surface area (Å²) in [5.41, 5.74) is 1.80. The zero-order chi connectivity index (χ0) is 12.7. The van der Waals surface area contributed by atoms with E-state index >= 15 is 0 Å². The molecule has 1 saturated heterocycles. The Bertz CT molecular complexity index is 469. The maximum absolute atomic E-state index is 13.7. The van der Waals surface area contributed by atoms with Crippen LogP contribution in [-0.2, 0) is 4.74 Å². The van der Waals surface area contributed by atoms with E-state index in [2.05, 4.69) is 17.1 Å². The molecule has 2 atom stereocenters. The number of hydrogen-bond acceptors (Lipinski definition) is 3. The Kier molecular flexibility index (Phi) is 3.08. The number of nitrogens with zero attached hydrogens (tertiary/aromatic N) is 1. The summed E-state index contributed by atoms with van der Waals surface area (Å²) < 4.78 is 19.2. The van der Waals surface area contributed by atoms with Crippen LogP contribution >= 0.6 is 11.6 Å². The number of halogens is 2. The van der Waals surface area contributed by atoms with E-state index in [0.29, 0.717) is 18.6 Å². The molecule has 0 aromatic heterocycles. The van der Waals surface area contributed by atoms with Crippen molar-refractivity contribution in [3.8, 4) is 0 Å². The average molecular weight is 271 g/mol. The molecule has 1 aromatic carbocycles. The topological polar surface area (TPSA) is 24.5 Å². The molecule has 2 unspecified atom stereocenters. The van der Waals surface area contributed by atoms with Gasteiger partial charge in [0, 0.05) is 25.1 Å². The molecule has 3 rings (SSSR count). The van der Waals surface area contributed by atoms with Crippen molar-refractivity contribution in [1.82, 2.24) is 0 Å². The van der Waals surface area contributed by atoms with Gasteiger partial charge in [-0.15, -0.1) is 0 Å². The van der Waals surface area contributed by atoms with E-state index in [0.717, 1.165) is 31.1 Å². The third kappa shape index (κ3) is 1.84. The van der Waals surface area contributed by atoms with Crippen LogP contribution in [0.4, 0.5) is 15.8 Å². The summed E-state index contributed by atoms with van der Waals surface area (Å²) in [4.78, 5) is 2.21. The van der Waals surface area contributed by atoms with Gasteiger partial charge in [0.05, 0.1) is 35.7 Å². The second kappa shape index (κ2) is 4.59. The van der Waals surface area contributed by atoms with Gasteiger partial charge >= 0.3 is 0 Å². The molecular weight excluding hydrogens is 255 g/mol. The van der Waals surface area contributed by atoms with Crippen molar-refractivity contribution >= 4 is 23.0 Å². The number of nitrogens with one attached hydrogen (secondary N) is 1. The second-order valence-electron chi connectivity index (χ2n) is 4.82. The molecule has 98 valence electrons. The third-order valence-electron chi connectivity index (χ3n) is 3.81. The quantitative estimate of drug-likeness (QED) is 0.849. The van der Waals surface area contributed by atoms with Crippen molar-refractivity contribution < 1.29 is 9.13 Å². The monoisotopic (exact) mass is 270 g/mol. The van der Waals surface area contributed by atoms with E-state index in [1.165, 1.54) is 6.07 Å². The fourth-order valence-electron chi connectivity index (χ4n) is 2.87. The number of benzene rings is 1. The molecule has 5 heteroatoms. The molecule has 2 aliphatic rings. The molecule has 2 aliphatic heterocycles. The first kappa shape index (κ1) is 12.1. The van der Waals surface area contributed by atoms with Crippen LogP contribution < -0.4 is 10.2 Å². The van der Waals surface area contributed by atoms with Crippen molar-refractivity contribution in [3.05, 3.63) is 23.0 Å². The molecule has 1 fully saturated rings. The maximum atomic E-state index is 13.7. The molecule has 0 aliphatic carbocycles. The summed E-state index contributed by atoms with van der Waals surface area (Å²) in [7, 11) is 0. The van der Waals surface area contributed by atoms with E-state index < -0.39 is 0 Å². The average Bonchev–Trinajstić information content (AvgIpc) is 2.76. The summed E-state index contributed by atoms with van der Waals surface area (Å²) in [6, 6.07) is 3.52. The van der Waals surface area contributed by atoms with Crippen LogP contribution in [0.1, 0.15) is 6.92 Å². The fourth-order valence-corrected chi connectivity index (χ4v) is 3.03. The highest BCUT2D eigenvalue weighted by Crippen LogP contribution is 2.37. The highest BCUT2D eigenvalue weighted by Gasteiger charge is 2.36. The van der Waals surface area contributed by atoms with Crippen LogP contribution in [0.5, 0.6) is 0 Å². The highest BCUT2D eigenvalue weighted by molar-refractivity contribution is 6.31. The van der Waals surface area contributed by atoms with E-state index in [9.17, 15) is 4.39 Å². The summed E-state index contributed by atoms with van der Waals surface area (Å²) in [6.45, 7) is 5.23. The lowest BCUT2D eigenvalue weighted by Gasteiger charge is -2.30. The van der Waals surface area contributed by atoms with E-state index in [4.69, 9.17) is 16.3 Å². The predicted octanol–water partition coefficient (Wildman–Crippen LogP) is 2.75. The summed E-state index contributed by atoms with van der Waals surface area (Å²) in [5.74, 6) is 0.0761. The molecule has 0 spiro atoms. The standard InChI is InChI=1S/C13H16ClFN2O/c1-2-17-12-4-10(15)9(14)3-11(12)16-5-8-6-18-7-13(8)17/h3-4,8,13,16H,2,5-7H2,1H3. The van der Waals surface area contributed by atoms with Crippen LogP contribution in [0, 0.1) is 11.7 Å². The first-order valence-electron chi connectivity index (χ1n) is 6.28. The van der Waals surface area contributed by atoms with Crippen LogP contribution in [0.25, 0.3) is 0 Å². The zero-order valence-corrected chi connectivity index (χ0v) is 11.0. The molecule has 18 heavy (non-hydrogen) atoms. The normalized spacial score (nSPS) is 26.3. The van der Waals surface area contributed by atoms with E-state index in [1.807, 2.05) is 0 Å². The lowest BCUT2D eigenvalue weighted by atomic mass is 10.0. The SMILES string of the molecule is CCN1c2cc(F)c(Cl)cc2NCC2COCC21. The van der Waals surface area contributed by atoms with Gasteiger partial charge in [0.1, 0.15) is 5.82 Å². The summed E-state index contributed by atoms with van der Waals surface area (Å²) in [5, 5.41) is 3.52. The van der Waals surface area contributed by atoms with Crippen molar-refractivity contribution in [2.75, 3.05) is 36.5 Å². The van der Waals surface area contributed by atoms with Crippen molar-refractivity contribution in [2.45, 2.75) is 13.0 Å². The van der Waals surface area contributed by atoms with Gasteiger partial charge in [-0.2, -0.15) is 0 Å². The Hall–Kier alpha value is -1.00. The molecule has 3 nitrogen and oxygen atoms in total. The number of rotatable bonds is 1. The molecule has 0 bridgehead atoms. The predicted molar refractivity (Wildman–Crippen MR) is 71.0 cm³/mol. The lowest BCUT2D eigenvalue weighted by Crippen LogP contribution is -2.40. The minimum absolute atomic E-state index is 0.167. The summed E-state index contributed by atoms with van der Waals surface area (Å²) in [6.07, 6.45) is 0. The number of hydrogen-bond donors (Lipinski definition) is 1. The van der Waals surface area contributed by atoms with Gasteiger partial charge in [-0.05, 0) is 13.0 Å². The lowest BCUT2D eigenvalue weighted by molar-refractivity contribution is 0.185. The Morgan fingerprint density at radius 2 is 2.33 bits per heavy atom. The van der Waals surface area contributed by atoms with Crippen LogP contribution in [0.2, 0.25) is 5.02 Å². The van der Waals surface area contributed by atoms with Gasteiger partial charge in [0.2, 0.25) is 0 Å². The van der Waals surface area contributed by atoms with Gasteiger partial charge in [-0.3, -0.25) is 0 Å². The molecule has 0 saturated carbocycles. The van der Waals surface area contributed by atoms with Crippen LogP contribution in [-0.4, -0.2) is 32.3 Å². The molecule has 2 heterocycles. The minimum atomic E-state index is -0.368. The number of likely N-dealkylation sites (N-methyl/N-ethyl adjacent to an activating group) is 1. The van der Waals surface area contributed by atoms with Crippen molar-refractivity contribution in [3.63, 3.8) is 0 Å². The smallest absolute Gasteiger partial charge is 0.144 e. The van der Waals surface area contributed by atoms with E-state index in [1.54, 1.807) is 6.07 Å². The molecule has 0 amide bonds. The van der Waals surface area contributed by atoms with Gasteiger partial charge < -0.3 is 15.0 Å². The molecule has 1 aromatic rings. The molecule has 1 N–H and O–H groups in total. The Morgan fingerprint density at radius 1 is 1.50 bits per heavy atom. The van der Waals surface area contributed by atoms with Gasteiger partial charge in [0.25, 0.3) is 0 Å². The highest BCUT2D eigenvalue weighted by atomic mass is 35.5. The Balaban J connectivity index is 2.06. The Labute approximate surface area is 111 Å². The van der Waals surface area contributed by atoms with E-state index in [-0.39, 0.29) is 10.8 Å². The zero-order valence-electron chi connectivity index (χ0n) is 10.2. The number of fused-ring (bicyclic) bond motifs is 2. The van der Waals surface area contributed by atoms with Crippen LogP contribution in [0.15, 0.2) is 12.1 Å². The number of ether oxygens (including phenoxy) is 1. The first-order chi connectivity index (χ1) is 8.70. The third-order valence-corrected chi connectivity index (χ3v) is 4.10. The first-order valence-corrected chi connectivity index (χ1v) is 6.65. The Morgan fingerprint density at radius 3 is 3.11 bits per heavy atom. The van der Waals surface area contributed by atoms with Gasteiger partial charge in [-0.25, -0.2) is 4.39 Å². The molecule has 0 radical (unpaired) electrons. The van der Waals surface area contributed by atoms with Gasteiger partial charge in [-0.1, -0.05) is 11.6 Å². The largest absolute Gasteiger partial charge is 0.383 e. The molecular formula is C13H16ClFN2O. The van der Waals surface area contributed by atoms with Crippen molar-refractivity contribution in [1.29, 1.82) is 0 Å². The fraction of sp³-hybridized carbons (Fsp3) is 0.538. The van der Waals surface area contributed by atoms with Crippen LogP contribution in [0.3, 0.4) is 0 Å². The minimum Gasteiger partial charge on any atom is -0.383 e. The second-order valence-corrected chi connectivity index (χ2v) is 5.22. The summed E-state index contributed by atoms with van der Waals surface area (Å²) >= 11 is 5.85. The maximum Gasteiger partial charge on any atom is 0.144 e.